The number of nitrogens with two attached hydrogens (primary N) is 1. The number of hydrogen-bond acceptors (Lipinski definition) is 3. The summed E-state index contributed by atoms with van der Waals surface area (Å²) in [6, 6.07) is 2.21. The molecule has 1 heterocycles. The van der Waals surface area contributed by atoms with Crippen LogP contribution in [0.15, 0.2) is 11.6 Å². The molecule has 2 aromatic rings. The molecule has 0 aliphatic heterocycles. The Hall–Kier alpha value is -0.930. The van der Waals surface area contributed by atoms with Crippen LogP contribution in [-0.2, 0) is 6.42 Å². The zero-order chi connectivity index (χ0) is 10.1. The molecule has 0 saturated carbocycles. The van der Waals surface area contributed by atoms with Crippen molar-refractivity contribution in [2.45, 2.75) is 20.3 Å². The summed E-state index contributed by atoms with van der Waals surface area (Å²) in [6.45, 7) is 4.99. The number of aryl methyl sites for hydroxylation is 2. The third kappa shape index (κ3) is 1.42. The van der Waals surface area contributed by atoms with Crippen molar-refractivity contribution in [1.29, 1.82) is 0 Å². The number of thiazole rings is 1. The largest absolute Gasteiger partial charge is 0.330 e. The van der Waals surface area contributed by atoms with Gasteiger partial charge in [0.15, 0.2) is 0 Å². The van der Waals surface area contributed by atoms with Gasteiger partial charge in [-0.15, -0.1) is 11.3 Å². The van der Waals surface area contributed by atoms with Gasteiger partial charge in [0, 0.05) is 0 Å². The van der Waals surface area contributed by atoms with E-state index in [4.69, 9.17) is 5.73 Å². The molecule has 0 aliphatic carbocycles. The van der Waals surface area contributed by atoms with Crippen LogP contribution in [-0.4, -0.2) is 11.5 Å². The molecule has 0 aliphatic rings. The summed E-state index contributed by atoms with van der Waals surface area (Å²) >= 11 is 1.70. The molecule has 2 nitrogen and oxygen atoms in total. The average molecular weight is 206 g/mol. The molecule has 0 amide bonds. The normalized spacial score (nSPS) is 11.1. The SMILES string of the molecule is Cc1cc2scnc2c(C)c1CCN. The van der Waals surface area contributed by atoms with Crippen LogP contribution in [0, 0.1) is 13.8 Å². The second kappa shape index (κ2) is 3.67. The molecule has 1 aromatic heterocycles. The van der Waals surface area contributed by atoms with Gasteiger partial charge in [-0.05, 0) is 49.6 Å². The summed E-state index contributed by atoms with van der Waals surface area (Å²) in [5, 5.41) is 0. The van der Waals surface area contributed by atoms with Crippen molar-refractivity contribution in [3.63, 3.8) is 0 Å². The van der Waals surface area contributed by atoms with Crippen molar-refractivity contribution in [1.82, 2.24) is 4.98 Å². The third-order valence-electron chi connectivity index (χ3n) is 2.62. The first-order chi connectivity index (χ1) is 6.74. The van der Waals surface area contributed by atoms with Crippen molar-refractivity contribution in [2.75, 3.05) is 6.54 Å². The van der Waals surface area contributed by atoms with E-state index in [1.165, 1.54) is 21.4 Å². The highest BCUT2D eigenvalue weighted by Crippen LogP contribution is 2.27. The van der Waals surface area contributed by atoms with Crippen molar-refractivity contribution in [2.24, 2.45) is 5.73 Å². The molecule has 0 spiro atoms. The molecule has 14 heavy (non-hydrogen) atoms. The van der Waals surface area contributed by atoms with Gasteiger partial charge in [-0.2, -0.15) is 0 Å². The van der Waals surface area contributed by atoms with Gasteiger partial charge in [-0.1, -0.05) is 0 Å². The highest BCUT2D eigenvalue weighted by Gasteiger charge is 2.08. The Labute approximate surface area is 87.8 Å². The number of fused-ring (bicyclic) bond motifs is 1. The highest BCUT2D eigenvalue weighted by molar-refractivity contribution is 7.16. The smallest absolute Gasteiger partial charge is 0.0844 e. The Bertz CT molecular complexity index is 460. The Balaban J connectivity index is 2.69. The molecule has 1 aromatic carbocycles. The molecule has 0 bridgehead atoms. The molecule has 0 atom stereocenters. The van der Waals surface area contributed by atoms with Crippen molar-refractivity contribution in [3.8, 4) is 0 Å². The van der Waals surface area contributed by atoms with Crippen molar-refractivity contribution in [3.05, 3.63) is 28.3 Å². The predicted molar refractivity (Wildman–Crippen MR) is 61.9 cm³/mol. The quantitative estimate of drug-likeness (QED) is 0.819. The van der Waals surface area contributed by atoms with Gasteiger partial charge in [-0.3, -0.25) is 0 Å². The molecule has 3 heteroatoms. The van der Waals surface area contributed by atoms with Crippen LogP contribution in [0.3, 0.4) is 0 Å². The molecule has 0 unspecified atom stereocenters. The van der Waals surface area contributed by atoms with Crippen LogP contribution < -0.4 is 5.73 Å². The maximum absolute atomic E-state index is 5.60. The molecular formula is C11H14N2S. The lowest BCUT2D eigenvalue weighted by Crippen LogP contribution is -2.06. The van der Waals surface area contributed by atoms with Crippen LogP contribution in [0.2, 0.25) is 0 Å². The minimum absolute atomic E-state index is 0.706. The van der Waals surface area contributed by atoms with Crippen LogP contribution >= 0.6 is 11.3 Å². The zero-order valence-electron chi connectivity index (χ0n) is 8.50. The second-order valence-electron chi connectivity index (χ2n) is 3.53. The van der Waals surface area contributed by atoms with Gasteiger partial charge in [0.1, 0.15) is 0 Å². The zero-order valence-corrected chi connectivity index (χ0v) is 9.32. The first kappa shape index (κ1) is 9.62. The maximum Gasteiger partial charge on any atom is 0.0844 e. The topological polar surface area (TPSA) is 38.9 Å². The van der Waals surface area contributed by atoms with E-state index in [0.29, 0.717) is 6.54 Å². The van der Waals surface area contributed by atoms with Crippen LogP contribution in [0.5, 0.6) is 0 Å². The lowest BCUT2D eigenvalue weighted by molar-refractivity contribution is 0.949. The Morgan fingerprint density at radius 2 is 2.21 bits per heavy atom. The first-order valence-corrected chi connectivity index (χ1v) is 5.64. The molecule has 2 N–H and O–H groups in total. The predicted octanol–water partition coefficient (Wildman–Crippen LogP) is 2.41. The molecule has 0 saturated heterocycles. The standard InChI is InChI=1S/C11H14N2S/c1-7-5-10-11(13-6-14-10)8(2)9(7)3-4-12/h5-6H,3-4,12H2,1-2H3. The summed E-state index contributed by atoms with van der Waals surface area (Å²) in [7, 11) is 0. The molecule has 2 rings (SSSR count). The van der Waals surface area contributed by atoms with Gasteiger partial charge in [0.25, 0.3) is 0 Å². The maximum atomic E-state index is 5.60. The second-order valence-corrected chi connectivity index (χ2v) is 4.42. The number of rotatable bonds is 2. The molecular weight excluding hydrogens is 192 g/mol. The van der Waals surface area contributed by atoms with Crippen LogP contribution in [0.25, 0.3) is 10.2 Å². The monoisotopic (exact) mass is 206 g/mol. The fourth-order valence-electron chi connectivity index (χ4n) is 1.89. The van der Waals surface area contributed by atoms with Gasteiger partial charge < -0.3 is 5.73 Å². The molecule has 0 radical (unpaired) electrons. The van der Waals surface area contributed by atoms with E-state index in [1.807, 2.05) is 5.51 Å². The third-order valence-corrected chi connectivity index (χ3v) is 3.40. The van der Waals surface area contributed by atoms with E-state index in [9.17, 15) is 0 Å². The fourth-order valence-corrected chi connectivity index (χ4v) is 2.72. The van der Waals surface area contributed by atoms with Gasteiger partial charge in [-0.25, -0.2) is 4.98 Å². The summed E-state index contributed by atoms with van der Waals surface area (Å²) in [4.78, 5) is 4.38. The number of nitrogens with zero attached hydrogens (tertiary/aromatic N) is 1. The first-order valence-electron chi connectivity index (χ1n) is 4.76. The Kier molecular flexibility index (Phi) is 2.52. The van der Waals surface area contributed by atoms with E-state index < -0.39 is 0 Å². The molecule has 0 fully saturated rings. The summed E-state index contributed by atoms with van der Waals surface area (Å²) < 4.78 is 1.28. The lowest BCUT2D eigenvalue weighted by atomic mass is 9.99. The van der Waals surface area contributed by atoms with Crippen LogP contribution in [0.4, 0.5) is 0 Å². The number of aromatic nitrogens is 1. The number of hydrogen-bond donors (Lipinski definition) is 1. The van der Waals surface area contributed by atoms with E-state index in [-0.39, 0.29) is 0 Å². The van der Waals surface area contributed by atoms with Gasteiger partial charge >= 0.3 is 0 Å². The average Bonchev–Trinajstić information content (AvgIpc) is 2.60. The summed E-state index contributed by atoms with van der Waals surface area (Å²) in [5.41, 5.74) is 12.7. The highest BCUT2D eigenvalue weighted by atomic mass is 32.1. The minimum Gasteiger partial charge on any atom is -0.330 e. The summed E-state index contributed by atoms with van der Waals surface area (Å²) in [6.07, 6.45) is 0.950. The van der Waals surface area contributed by atoms with E-state index in [2.05, 4.69) is 24.9 Å². The van der Waals surface area contributed by atoms with Gasteiger partial charge in [0.05, 0.1) is 15.7 Å². The minimum atomic E-state index is 0.706. The number of benzene rings is 1. The lowest BCUT2D eigenvalue weighted by Gasteiger charge is -2.08. The van der Waals surface area contributed by atoms with E-state index >= 15 is 0 Å². The van der Waals surface area contributed by atoms with Gasteiger partial charge in [0.2, 0.25) is 0 Å². The Morgan fingerprint density at radius 3 is 2.93 bits per heavy atom. The van der Waals surface area contributed by atoms with Crippen molar-refractivity contribution < 1.29 is 0 Å². The van der Waals surface area contributed by atoms with E-state index in [1.54, 1.807) is 11.3 Å². The molecule has 74 valence electrons. The fraction of sp³-hybridized carbons (Fsp3) is 0.364. The Morgan fingerprint density at radius 1 is 1.43 bits per heavy atom. The van der Waals surface area contributed by atoms with Crippen LogP contribution in [0.1, 0.15) is 16.7 Å². The summed E-state index contributed by atoms with van der Waals surface area (Å²) in [5.74, 6) is 0. The van der Waals surface area contributed by atoms with E-state index in [0.717, 1.165) is 11.9 Å². The van der Waals surface area contributed by atoms with Crippen molar-refractivity contribution >= 4 is 21.6 Å².